The highest BCUT2D eigenvalue weighted by molar-refractivity contribution is 9.12. The average Bonchev–Trinajstić information content (AvgIpc) is 2.57. The molecule has 4 nitrogen and oxygen atoms in total. The number of rotatable bonds is 6. The molecule has 0 unspecified atom stereocenters. The second kappa shape index (κ2) is 9.25. The first-order chi connectivity index (χ1) is 11.5. The molecule has 0 saturated carbocycles. The Morgan fingerprint density at radius 3 is 2.75 bits per heavy atom. The summed E-state index contributed by atoms with van der Waals surface area (Å²) in [4.78, 5) is 11.7. The molecule has 0 atom stereocenters. The van der Waals surface area contributed by atoms with Gasteiger partial charge in [0.2, 0.25) is 0 Å². The van der Waals surface area contributed by atoms with Crippen molar-refractivity contribution in [3.63, 3.8) is 0 Å². The molecular weight excluding hydrogens is 392 g/mol. The van der Waals surface area contributed by atoms with Crippen LogP contribution in [0.4, 0.5) is 0 Å². The zero-order valence-corrected chi connectivity index (χ0v) is 15.3. The molecule has 1 amide bonds. The maximum atomic E-state index is 11.7. The maximum absolute atomic E-state index is 11.7. The standard InChI is InChI=1S/C18H16BrClN2O2/c1-13-9-16(7-8-17(13)20)24-12-18(23)22-21-11-15(19)10-14-5-3-2-4-6-14/h2-11H,12H2,1H3,(H,22,23)/b15-10-,21-11-. The number of amides is 1. The number of carbonyl (C=O) groups excluding carboxylic acids is 1. The van der Waals surface area contributed by atoms with Gasteiger partial charge in [-0.1, -0.05) is 41.9 Å². The Bertz CT molecular complexity index is 761. The summed E-state index contributed by atoms with van der Waals surface area (Å²) in [5, 5.41) is 4.53. The minimum absolute atomic E-state index is 0.127. The number of ether oxygens (including phenoxy) is 1. The molecule has 2 aromatic carbocycles. The van der Waals surface area contributed by atoms with Crippen molar-refractivity contribution in [1.82, 2.24) is 5.43 Å². The lowest BCUT2D eigenvalue weighted by Gasteiger charge is -2.06. The number of hydrogen-bond donors (Lipinski definition) is 1. The molecule has 0 aliphatic heterocycles. The topological polar surface area (TPSA) is 50.7 Å². The van der Waals surface area contributed by atoms with Gasteiger partial charge in [0.15, 0.2) is 6.61 Å². The highest BCUT2D eigenvalue weighted by Gasteiger charge is 2.03. The Morgan fingerprint density at radius 1 is 1.29 bits per heavy atom. The van der Waals surface area contributed by atoms with E-state index in [9.17, 15) is 4.79 Å². The van der Waals surface area contributed by atoms with Crippen molar-refractivity contribution in [2.24, 2.45) is 5.10 Å². The molecule has 0 aromatic heterocycles. The molecule has 0 spiro atoms. The lowest BCUT2D eigenvalue weighted by molar-refractivity contribution is -0.123. The minimum Gasteiger partial charge on any atom is -0.484 e. The summed E-state index contributed by atoms with van der Waals surface area (Å²) in [6, 6.07) is 15.0. The van der Waals surface area contributed by atoms with Crippen LogP contribution >= 0.6 is 27.5 Å². The average molecular weight is 408 g/mol. The van der Waals surface area contributed by atoms with Gasteiger partial charge in [-0.2, -0.15) is 5.10 Å². The molecule has 2 rings (SSSR count). The fourth-order valence-electron chi connectivity index (χ4n) is 1.80. The SMILES string of the molecule is Cc1cc(OCC(=O)N/N=C\C(Br)=C\c2ccccc2)ccc1Cl. The molecule has 24 heavy (non-hydrogen) atoms. The van der Waals surface area contributed by atoms with Crippen LogP contribution in [-0.2, 0) is 4.79 Å². The van der Waals surface area contributed by atoms with Gasteiger partial charge in [0.05, 0.1) is 6.21 Å². The van der Waals surface area contributed by atoms with Crippen molar-refractivity contribution >= 4 is 45.7 Å². The van der Waals surface area contributed by atoms with Crippen LogP contribution in [-0.4, -0.2) is 18.7 Å². The van der Waals surface area contributed by atoms with Crippen molar-refractivity contribution < 1.29 is 9.53 Å². The van der Waals surface area contributed by atoms with E-state index in [0.717, 1.165) is 15.6 Å². The zero-order valence-electron chi connectivity index (χ0n) is 13.0. The van der Waals surface area contributed by atoms with Crippen molar-refractivity contribution in [3.05, 3.63) is 69.2 Å². The van der Waals surface area contributed by atoms with Gasteiger partial charge in [-0.05, 0) is 58.3 Å². The Balaban J connectivity index is 1.80. The van der Waals surface area contributed by atoms with E-state index in [2.05, 4.69) is 26.5 Å². The minimum atomic E-state index is -0.348. The zero-order chi connectivity index (χ0) is 17.4. The molecule has 0 saturated heterocycles. The summed E-state index contributed by atoms with van der Waals surface area (Å²) < 4.78 is 6.13. The third kappa shape index (κ3) is 6.18. The highest BCUT2D eigenvalue weighted by Crippen LogP contribution is 2.20. The van der Waals surface area contributed by atoms with E-state index in [1.54, 1.807) is 18.2 Å². The highest BCUT2D eigenvalue weighted by atomic mass is 79.9. The Hall–Kier alpha value is -2.11. The molecule has 0 aliphatic carbocycles. The first kappa shape index (κ1) is 18.2. The van der Waals surface area contributed by atoms with E-state index in [1.165, 1.54) is 6.21 Å². The summed E-state index contributed by atoms with van der Waals surface area (Å²) in [6.07, 6.45) is 3.40. The quantitative estimate of drug-likeness (QED) is 0.563. The van der Waals surface area contributed by atoms with E-state index in [0.29, 0.717) is 10.8 Å². The number of halogens is 2. The van der Waals surface area contributed by atoms with E-state index in [4.69, 9.17) is 16.3 Å². The second-order valence-corrected chi connectivity index (χ2v) is 6.26. The van der Waals surface area contributed by atoms with Crippen LogP contribution in [0.25, 0.3) is 6.08 Å². The summed E-state index contributed by atoms with van der Waals surface area (Å²) >= 11 is 9.31. The molecule has 0 bridgehead atoms. The van der Waals surface area contributed by atoms with Crippen molar-refractivity contribution in [2.45, 2.75) is 6.92 Å². The summed E-state index contributed by atoms with van der Waals surface area (Å²) in [7, 11) is 0. The van der Waals surface area contributed by atoms with Crippen molar-refractivity contribution in [1.29, 1.82) is 0 Å². The van der Waals surface area contributed by atoms with Crippen molar-refractivity contribution in [3.8, 4) is 5.75 Å². The van der Waals surface area contributed by atoms with E-state index < -0.39 is 0 Å². The van der Waals surface area contributed by atoms with Crippen molar-refractivity contribution in [2.75, 3.05) is 6.61 Å². The Kier molecular flexibility index (Phi) is 7.03. The molecule has 0 aliphatic rings. The van der Waals surface area contributed by atoms with Crippen LogP contribution in [0, 0.1) is 6.92 Å². The third-order valence-electron chi connectivity index (χ3n) is 2.98. The summed E-state index contributed by atoms with van der Waals surface area (Å²) in [5.74, 6) is 0.236. The fourth-order valence-corrected chi connectivity index (χ4v) is 2.28. The van der Waals surface area contributed by atoms with Gasteiger partial charge in [-0.15, -0.1) is 0 Å². The van der Waals surface area contributed by atoms with E-state index >= 15 is 0 Å². The van der Waals surface area contributed by atoms with Gasteiger partial charge in [-0.25, -0.2) is 5.43 Å². The molecule has 0 heterocycles. The normalized spacial score (nSPS) is 11.5. The van der Waals surface area contributed by atoms with Crippen LogP contribution < -0.4 is 10.2 Å². The largest absolute Gasteiger partial charge is 0.484 e. The summed E-state index contributed by atoms with van der Waals surface area (Å²) in [5.41, 5.74) is 4.33. The molecular formula is C18H16BrClN2O2. The van der Waals surface area contributed by atoms with E-state index in [1.807, 2.05) is 43.3 Å². The van der Waals surface area contributed by atoms with Crippen LogP contribution in [0.5, 0.6) is 5.75 Å². The van der Waals surface area contributed by atoms with Gasteiger partial charge in [-0.3, -0.25) is 4.79 Å². The number of carbonyl (C=O) groups is 1. The predicted octanol–water partition coefficient (Wildman–Crippen LogP) is 4.57. The molecule has 2 aromatic rings. The van der Waals surface area contributed by atoms with Crippen LogP contribution in [0.1, 0.15) is 11.1 Å². The monoisotopic (exact) mass is 406 g/mol. The molecule has 0 fully saturated rings. The van der Waals surface area contributed by atoms with Gasteiger partial charge < -0.3 is 4.74 Å². The van der Waals surface area contributed by atoms with Crippen LogP contribution in [0.3, 0.4) is 0 Å². The smallest absolute Gasteiger partial charge is 0.277 e. The molecule has 0 radical (unpaired) electrons. The van der Waals surface area contributed by atoms with Gasteiger partial charge in [0.1, 0.15) is 5.75 Å². The number of hydrogen-bond acceptors (Lipinski definition) is 3. The number of nitrogens with zero attached hydrogens (tertiary/aromatic N) is 1. The first-order valence-corrected chi connectivity index (χ1v) is 8.35. The first-order valence-electron chi connectivity index (χ1n) is 7.17. The van der Waals surface area contributed by atoms with Gasteiger partial charge >= 0.3 is 0 Å². The number of benzene rings is 2. The fraction of sp³-hybridized carbons (Fsp3) is 0.111. The number of nitrogens with one attached hydrogen (secondary N) is 1. The van der Waals surface area contributed by atoms with Crippen LogP contribution in [0.2, 0.25) is 5.02 Å². The Labute approximate surface area is 154 Å². The number of aryl methyl sites for hydroxylation is 1. The second-order valence-electron chi connectivity index (χ2n) is 4.93. The molecule has 124 valence electrons. The summed E-state index contributed by atoms with van der Waals surface area (Å²) in [6.45, 7) is 1.74. The number of allylic oxidation sites excluding steroid dienone is 1. The van der Waals surface area contributed by atoms with Gasteiger partial charge in [0, 0.05) is 9.51 Å². The van der Waals surface area contributed by atoms with Crippen LogP contribution in [0.15, 0.2) is 58.1 Å². The predicted molar refractivity (Wildman–Crippen MR) is 102 cm³/mol. The molecule has 6 heteroatoms. The molecule has 1 N–H and O–H groups in total. The number of hydrazone groups is 1. The third-order valence-corrected chi connectivity index (χ3v) is 3.84. The Morgan fingerprint density at radius 2 is 2.04 bits per heavy atom. The van der Waals surface area contributed by atoms with Gasteiger partial charge in [0.25, 0.3) is 5.91 Å². The van der Waals surface area contributed by atoms with E-state index in [-0.39, 0.29) is 12.5 Å². The lowest BCUT2D eigenvalue weighted by atomic mass is 10.2. The maximum Gasteiger partial charge on any atom is 0.277 e. The lowest BCUT2D eigenvalue weighted by Crippen LogP contribution is -2.24.